The molecule has 6 heteroatoms. The van der Waals surface area contributed by atoms with Crippen molar-refractivity contribution in [1.29, 1.82) is 0 Å². The van der Waals surface area contributed by atoms with Crippen molar-refractivity contribution >= 4 is 10.0 Å². The predicted octanol–water partition coefficient (Wildman–Crippen LogP) is 1.58. The molecule has 1 fully saturated rings. The van der Waals surface area contributed by atoms with Gasteiger partial charge >= 0.3 is 0 Å². The molecule has 1 aromatic rings. The Hall–Kier alpha value is -0.850. The molecule has 18 heavy (non-hydrogen) atoms. The molecule has 0 spiro atoms. The SMILES string of the molecule is CCC1CCN(S(=O)(=O)c2ccc(CO)o2)CC1. The molecule has 0 atom stereocenters. The number of aliphatic hydroxyl groups is 1. The van der Waals surface area contributed by atoms with E-state index in [1.807, 2.05) is 0 Å². The molecular formula is C12H19NO4S. The van der Waals surface area contributed by atoms with Crippen LogP contribution >= 0.6 is 0 Å². The molecule has 2 heterocycles. The van der Waals surface area contributed by atoms with Gasteiger partial charge in [0.25, 0.3) is 10.0 Å². The Morgan fingerprint density at radius 2 is 2.06 bits per heavy atom. The van der Waals surface area contributed by atoms with Gasteiger partial charge in [0.2, 0.25) is 5.09 Å². The van der Waals surface area contributed by atoms with Crippen LogP contribution in [0, 0.1) is 5.92 Å². The van der Waals surface area contributed by atoms with Crippen molar-refractivity contribution in [3.63, 3.8) is 0 Å². The molecule has 1 N–H and O–H groups in total. The lowest BCUT2D eigenvalue weighted by Gasteiger charge is -2.29. The lowest BCUT2D eigenvalue weighted by atomic mass is 9.96. The van der Waals surface area contributed by atoms with Crippen molar-refractivity contribution in [2.45, 2.75) is 37.9 Å². The molecule has 1 aromatic heterocycles. The molecular weight excluding hydrogens is 254 g/mol. The largest absolute Gasteiger partial charge is 0.446 e. The highest BCUT2D eigenvalue weighted by Gasteiger charge is 2.31. The number of hydrogen-bond acceptors (Lipinski definition) is 4. The third-order valence-corrected chi connectivity index (χ3v) is 5.31. The number of hydrogen-bond donors (Lipinski definition) is 1. The van der Waals surface area contributed by atoms with Gasteiger partial charge in [0.05, 0.1) is 0 Å². The first-order valence-corrected chi connectivity index (χ1v) is 7.71. The number of furan rings is 1. The van der Waals surface area contributed by atoms with E-state index in [9.17, 15) is 8.42 Å². The maximum Gasteiger partial charge on any atom is 0.276 e. The van der Waals surface area contributed by atoms with Crippen molar-refractivity contribution in [2.75, 3.05) is 13.1 Å². The highest BCUT2D eigenvalue weighted by atomic mass is 32.2. The Kier molecular flexibility index (Phi) is 4.09. The van der Waals surface area contributed by atoms with Crippen LogP contribution in [0.25, 0.3) is 0 Å². The molecule has 2 rings (SSSR count). The summed E-state index contributed by atoms with van der Waals surface area (Å²) in [4.78, 5) is 0. The van der Waals surface area contributed by atoms with Gasteiger partial charge in [-0.25, -0.2) is 8.42 Å². The second-order valence-electron chi connectivity index (χ2n) is 4.63. The zero-order chi connectivity index (χ0) is 13.2. The van der Waals surface area contributed by atoms with Gasteiger partial charge in [0.1, 0.15) is 12.4 Å². The molecule has 1 aliphatic heterocycles. The average molecular weight is 273 g/mol. The zero-order valence-corrected chi connectivity index (χ0v) is 11.3. The second kappa shape index (κ2) is 5.42. The monoisotopic (exact) mass is 273 g/mol. The molecule has 1 saturated heterocycles. The molecule has 0 radical (unpaired) electrons. The van der Waals surface area contributed by atoms with Gasteiger partial charge in [0, 0.05) is 13.1 Å². The number of nitrogens with zero attached hydrogens (tertiary/aromatic N) is 1. The van der Waals surface area contributed by atoms with E-state index in [2.05, 4.69) is 6.92 Å². The second-order valence-corrected chi connectivity index (χ2v) is 6.50. The van der Waals surface area contributed by atoms with Gasteiger partial charge in [-0.1, -0.05) is 13.3 Å². The van der Waals surface area contributed by atoms with Gasteiger partial charge in [-0.2, -0.15) is 4.31 Å². The Labute approximate surface area is 107 Å². The molecule has 0 saturated carbocycles. The highest BCUT2D eigenvalue weighted by molar-refractivity contribution is 7.89. The third kappa shape index (κ3) is 2.60. The van der Waals surface area contributed by atoms with Crippen LogP contribution in [-0.2, 0) is 16.6 Å². The van der Waals surface area contributed by atoms with Crippen LogP contribution in [0.5, 0.6) is 0 Å². The minimum Gasteiger partial charge on any atom is -0.446 e. The summed E-state index contributed by atoms with van der Waals surface area (Å²) in [5.74, 6) is 0.901. The van der Waals surface area contributed by atoms with E-state index in [0.717, 1.165) is 19.3 Å². The fraction of sp³-hybridized carbons (Fsp3) is 0.667. The lowest BCUT2D eigenvalue weighted by molar-refractivity contribution is 0.231. The lowest BCUT2D eigenvalue weighted by Crippen LogP contribution is -2.38. The summed E-state index contributed by atoms with van der Waals surface area (Å²) >= 11 is 0. The predicted molar refractivity (Wildman–Crippen MR) is 66.4 cm³/mol. The van der Waals surface area contributed by atoms with Gasteiger partial charge < -0.3 is 9.52 Å². The van der Waals surface area contributed by atoms with E-state index >= 15 is 0 Å². The normalized spacial score (nSPS) is 19.2. The van der Waals surface area contributed by atoms with E-state index in [1.54, 1.807) is 0 Å². The van der Waals surface area contributed by atoms with E-state index in [4.69, 9.17) is 9.52 Å². The van der Waals surface area contributed by atoms with E-state index < -0.39 is 10.0 Å². The molecule has 1 aliphatic rings. The topological polar surface area (TPSA) is 70.8 Å². The molecule has 0 unspecified atom stereocenters. The fourth-order valence-corrected chi connectivity index (χ4v) is 3.67. The Morgan fingerprint density at radius 1 is 1.39 bits per heavy atom. The van der Waals surface area contributed by atoms with Crippen LogP contribution in [0.1, 0.15) is 31.9 Å². The van der Waals surface area contributed by atoms with Crippen LogP contribution in [0.15, 0.2) is 21.6 Å². The molecule has 0 aliphatic carbocycles. The fourth-order valence-electron chi connectivity index (χ4n) is 2.27. The van der Waals surface area contributed by atoms with Crippen molar-refractivity contribution in [3.8, 4) is 0 Å². The zero-order valence-electron chi connectivity index (χ0n) is 10.5. The van der Waals surface area contributed by atoms with Crippen molar-refractivity contribution in [3.05, 3.63) is 17.9 Å². The highest BCUT2D eigenvalue weighted by Crippen LogP contribution is 2.26. The summed E-state index contributed by atoms with van der Waals surface area (Å²) in [6.07, 6.45) is 2.91. The summed E-state index contributed by atoms with van der Waals surface area (Å²) in [5, 5.41) is 8.82. The van der Waals surface area contributed by atoms with Crippen LogP contribution in [0.3, 0.4) is 0 Å². The standard InChI is InChI=1S/C12H19NO4S/c1-2-10-5-7-13(8-6-10)18(15,16)12-4-3-11(9-14)17-12/h3-4,10,14H,2,5-9H2,1H3. The molecule has 0 amide bonds. The molecule has 102 valence electrons. The summed E-state index contributed by atoms with van der Waals surface area (Å²) in [6, 6.07) is 2.90. The number of rotatable bonds is 4. The van der Waals surface area contributed by atoms with Crippen LogP contribution < -0.4 is 0 Å². The van der Waals surface area contributed by atoms with E-state index in [0.29, 0.717) is 19.0 Å². The van der Waals surface area contributed by atoms with Crippen molar-refractivity contribution in [2.24, 2.45) is 5.92 Å². The first-order valence-electron chi connectivity index (χ1n) is 6.27. The average Bonchev–Trinajstić information content (AvgIpc) is 2.88. The van der Waals surface area contributed by atoms with Crippen molar-refractivity contribution in [1.82, 2.24) is 4.31 Å². The number of sulfonamides is 1. The van der Waals surface area contributed by atoms with Crippen molar-refractivity contribution < 1.29 is 17.9 Å². The minimum atomic E-state index is -3.53. The van der Waals surface area contributed by atoms with Crippen LogP contribution in [0.2, 0.25) is 0 Å². The maximum atomic E-state index is 12.3. The Bertz CT molecular complexity index is 486. The first kappa shape index (κ1) is 13.6. The minimum absolute atomic E-state index is 0.0681. The van der Waals surface area contributed by atoms with Gasteiger partial charge in [0.15, 0.2) is 0 Å². The summed E-state index contributed by atoms with van der Waals surface area (Å²) in [5.41, 5.74) is 0. The Morgan fingerprint density at radius 3 is 2.56 bits per heavy atom. The number of piperidine rings is 1. The molecule has 0 bridgehead atoms. The number of aliphatic hydroxyl groups excluding tert-OH is 1. The van der Waals surface area contributed by atoms with Crippen LogP contribution in [-0.4, -0.2) is 30.9 Å². The summed E-state index contributed by atoms with van der Waals surface area (Å²) in [6.45, 7) is 2.95. The quantitative estimate of drug-likeness (QED) is 0.904. The van der Waals surface area contributed by atoms with Crippen LogP contribution in [0.4, 0.5) is 0 Å². The summed E-state index contributed by atoms with van der Waals surface area (Å²) < 4.78 is 31.1. The Balaban J connectivity index is 2.12. The smallest absolute Gasteiger partial charge is 0.276 e. The van der Waals surface area contributed by atoms with Gasteiger partial charge in [-0.15, -0.1) is 0 Å². The molecule has 5 nitrogen and oxygen atoms in total. The van der Waals surface area contributed by atoms with E-state index in [1.165, 1.54) is 16.4 Å². The van der Waals surface area contributed by atoms with Gasteiger partial charge in [-0.3, -0.25) is 0 Å². The van der Waals surface area contributed by atoms with E-state index in [-0.39, 0.29) is 17.5 Å². The third-order valence-electron chi connectivity index (χ3n) is 3.54. The first-order chi connectivity index (χ1) is 8.57. The van der Waals surface area contributed by atoms with Gasteiger partial charge in [-0.05, 0) is 30.9 Å². The maximum absolute atomic E-state index is 12.3. The molecule has 0 aromatic carbocycles. The summed E-state index contributed by atoms with van der Waals surface area (Å²) in [7, 11) is -3.53.